The third-order valence-electron chi connectivity index (χ3n) is 2.77. The highest BCUT2D eigenvalue weighted by Gasteiger charge is 2.15. The average Bonchev–Trinajstić information content (AvgIpc) is 2.88. The van der Waals surface area contributed by atoms with E-state index in [1.54, 1.807) is 18.3 Å². The fourth-order valence-electron chi connectivity index (χ4n) is 1.89. The molecular formula is C14H23NO3S. The molecule has 1 aromatic heterocycles. The predicted molar refractivity (Wildman–Crippen MR) is 77.2 cm³/mol. The molecule has 1 heterocycles. The van der Waals surface area contributed by atoms with E-state index in [-0.39, 0.29) is 18.4 Å². The van der Waals surface area contributed by atoms with Crippen LogP contribution in [-0.4, -0.2) is 30.3 Å². The first kappa shape index (κ1) is 16.1. The lowest BCUT2D eigenvalue weighted by atomic mass is 10.1. The van der Waals surface area contributed by atoms with Gasteiger partial charge in [-0.15, -0.1) is 11.3 Å². The molecule has 1 rings (SSSR count). The number of aliphatic hydroxyl groups excluding tert-OH is 1. The van der Waals surface area contributed by atoms with Gasteiger partial charge in [0.15, 0.2) is 0 Å². The van der Waals surface area contributed by atoms with Crippen molar-refractivity contribution in [1.29, 1.82) is 0 Å². The smallest absolute Gasteiger partial charge is 0.308 e. The minimum absolute atomic E-state index is 0.0458. The number of hydrogen-bond donors (Lipinski definition) is 2. The van der Waals surface area contributed by atoms with Gasteiger partial charge in [-0.05, 0) is 24.8 Å². The van der Waals surface area contributed by atoms with Crippen molar-refractivity contribution in [3.05, 3.63) is 22.4 Å². The number of esters is 1. The maximum Gasteiger partial charge on any atom is 0.308 e. The van der Waals surface area contributed by atoms with Crippen molar-refractivity contribution in [3.63, 3.8) is 0 Å². The van der Waals surface area contributed by atoms with Crippen LogP contribution in [0.15, 0.2) is 17.5 Å². The van der Waals surface area contributed by atoms with Crippen LogP contribution in [-0.2, 0) is 9.53 Å². The van der Waals surface area contributed by atoms with Crippen LogP contribution in [0.4, 0.5) is 0 Å². The average molecular weight is 285 g/mol. The van der Waals surface area contributed by atoms with Crippen LogP contribution in [0.25, 0.3) is 0 Å². The summed E-state index contributed by atoms with van der Waals surface area (Å²) in [7, 11) is 0. The van der Waals surface area contributed by atoms with Crippen LogP contribution in [0.3, 0.4) is 0 Å². The zero-order chi connectivity index (χ0) is 14.1. The van der Waals surface area contributed by atoms with Crippen molar-refractivity contribution in [3.8, 4) is 0 Å². The molecule has 108 valence electrons. The monoisotopic (exact) mass is 285 g/mol. The van der Waals surface area contributed by atoms with Crippen LogP contribution >= 0.6 is 11.3 Å². The Bertz CT molecular complexity index is 354. The minimum Gasteiger partial charge on any atom is -0.466 e. The molecule has 2 atom stereocenters. The van der Waals surface area contributed by atoms with Crippen molar-refractivity contribution in [1.82, 2.24) is 5.32 Å². The number of thiophene rings is 1. The Morgan fingerprint density at radius 1 is 1.53 bits per heavy atom. The van der Waals surface area contributed by atoms with Crippen LogP contribution in [0.5, 0.6) is 0 Å². The summed E-state index contributed by atoms with van der Waals surface area (Å²) in [5.74, 6) is -0.347. The summed E-state index contributed by atoms with van der Waals surface area (Å²) in [6, 6.07) is 4.37. The molecule has 5 heteroatoms. The topological polar surface area (TPSA) is 58.6 Å². The van der Waals surface area contributed by atoms with Gasteiger partial charge < -0.3 is 15.2 Å². The molecular weight excluding hydrogens is 262 g/mol. The first-order chi connectivity index (χ1) is 9.17. The Morgan fingerprint density at radius 3 is 2.89 bits per heavy atom. The third-order valence-corrected chi connectivity index (χ3v) is 3.76. The van der Waals surface area contributed by atoms with Crippen molar-refractivity contribution >= 4 is 17.3 Å². The molecule has 0 saturated heterocycles. The van der Waals surface area contributed by atoms with E-state index in [0.717, 1.165) is 12.8 Å². The molecule has 1 aromatic rings. The number of nitrogens with one attached hydrogen (secondary N) is 1. The molecule has 0 aliphatic rings. The lowest BCUT2D eigenvalue weighted by Gasteiger charge is -2.19. The summed E-state index contributed by atoms with van der Waals surface area (Å²) in [5.41, 5.74) is 0. The molecule has 0 bridgehead atoms. The molecule has 0 aliphatic carbocycles. The second kappa shape index (κ2) is 9.07. The lowest BCUT2D eigenvalue weighted by molar-refractivity contribution is -0.145. The van der Waals surface area contributed by atoms with Gasteiger partial charge in [0.1, 0.15) is 0 Å². The molecule has 2 N–H and O–H groups in total. The highest BCUT2D eigenvalue weighted by Crippen LogP contribution is 2.23. The van der Waals surface area contributed by atoms with Gasteiger partial charge in [-0.2, -0.15) is 0 Å². The standard InChI is InChI=1S/C14H23NO3S/c1-3-6-12(13-7-5-8-19-13)15-10-11(16)9-14(17)18-4-2/h5,7-8,11-12,15-16H,3-4,6,9-10H2,1-2H3. The Labute approximate surface area is 118 Å². The molecule has 0 aromatic carbocycles. The van der Waals surface area contributed by atoms with Gasteiger partial charge in [0.2, 0.25) is 0 Å². The largest absolute Gasteiger partial charge is 0.466 e. The normalized spacial score (nSPS) is 14.1. The fraction of sp³-hybridized carbons (Fsp3) is 0.643. The zero-order valence-electron chi connectivity index (χ0n) is 11.6. The molecule has 0 spiro atoms. The van der Waals surface area contributed by atoms with Gasteiger partial charge in [-0.25, -0.2) is 0 Å². The van der Waals surface area contributed by atoms with E-state index in [1.165, 1.54) is 4.88 Å². The summed E-state index contributed by atoms with van der Waals surface area (Å²) in [5, 5.41) is 15.2. The van der Waals surface area contributed by atoms with Crippen LogP contribution in [0, 0.1) is 0 Å². The van der Waals surface area contributed by atoms with Crippen LogP contribution in [0.2, 0.25) is 0 Å². The van der Waals surface area contributed by atoms with Crippen molar-refractivity contribution in [2.24, 2.45) is 0 Å². The number of hydrogen-bond acceptors (Lipinski definition) is 5. The summed E-state index contributed by atoms with van der Waals surface area (Å²) < 4.78 is 4.81. The molecule has 19 heavy (non-hydrogen) atoms. The van der Waals surface area contributed by atoms with Crippen molar-refractivity contribution in [2.75, 3.05) is 13.2 Å². The molecule has 0 fully saturated rings. The number of carbonyl (C=O) groups is 1. The lowest BCUT2D eigenvalue weighted by Crippen LogP contribution is -2.31. The number of carbonyl (C=O) groups excluding carboxylic acids is 1. The van der Waals surface area contributed by atoms with E-state index < -0.39 is 6.10 Å². The molecule has 2 unspecified atom stereocenters. The minimum atomic E-state index is -0.696. The fourth-order valence-corrected chi connectivity index (χ4v) is 2.72. The van der Waals surface area contributed by atoms with Crippen LogP contribution < -0.4 is 5.32 Å². The second-order valence-corrected chi connectivity index (χ2v) is 5.41. The van der Waals surface area contributed by atoms with Gasteiger partial charge in [-0.1, -0.05) is 19.4 Å². The van der Waals surface area contributed by atoms with E-state index >= 15 is 0 Å². The van der Waals surface area contributed by atoms with Gasteiger partial charge in [0.25, 0.3) is 0 Å². The van der Waals surface area contributed by atoms with Gasteiger partial charge in [0, 0.05) is 17.5 Å². The van der Waals surface area contributed by atoms with E-state index in [9.17, 15) is 9.90 Å². The number of ether oxygens (including phenoxy) is 1. The molecule has 0 aliphatic heterocycles. The molecule has 4 nitrogen and oxygen atoms in total. The Balaban J connectivity index is 2.37. The van der Waals surface area contributed by atoms with Gasteiger partial charge in [-0.3, -0.25) is 4.79 Å². The third kappa shape index (κ3) is 6.18. The summed E-state index contributed by atoms with van der Waals surface area (Å²) >= 11 is 1.71. The first-order valence-corrected chi connectivity index (χ1v) is 7.65. The van der Waals surface area contributed by atoms with E-state index in [1.807, 2.05) is 6.07 Å². The van der Waals surface area contributed by atoms with E-state index in [0.29, 0.717) is 13.2 Å². The van der Waals surface area contributed by atoms with Crippen molar-refractivity contribution < 1.29 is 14.6 Å². The summed E-state index contributed by atoms with van der Waals surface area (Å²) in [6.07, 6.45) is 1.44. The summed E-state index contributed by atoms with van der Waals surface area (Å²) in [6.45, 7) is 4.65. The Morgan fingerprint density at radius 2 is 2.32 bits per heavy atom. The van der Waals surface area contributed by atoms with E-state index in [4.69, 9.17) is 4.74 Å². The SMILES string of the molecule is CCCC(NCC(O)CC(=O)OCC)c1cccs1. The van der Waals surface area contributed by atoms with Crippen LogP contribution in [0.1, 0.15) is 44.0 Å². The quantitative estimate of drug-likeness (QED) is 0.684. The van der Waals surface area contributed by atoms with Gasteiger partial charge in [0.05, 0.1) is 19.1 Å². The molecule has 0 amide bonds. The Kier molecular flexibility index (Phi) is 7.70. The zero-order valence-corrected chi connectivity index (χ0v) is 12.4. The summed E-state index contributed by atoms with van der Waals surface area (Å²) in [4.78, 5) is 12.5. The van der Waals surface area contributed by atoms with Gasteiger partial charge >= 0.3 is 5.97 Å². The highest BCUT2D eigenvalue weighted by atomic mass is 32.1. The molecule has 0 radical (unpaired) electrons. The second-order valence-electron chi connectivity index (χ2n) is 4.43. The van der Waals surface area contributed by atoms with E-state index in [2.05, 4.69) is 23.7 Å². The maximum atomic E-state index is 11.2. The highest BCUT2D eigenvalue weighted by molar-refractivity contribution is 7.10. The number of rotatable bonds is 9. The number of aliphatic hydroxyl groups is 1. The predicted octanol–water partition coefficient (Wildman–Crippen LogP) is 2.49. The van der Waals surface area contributed by atoms with Crippen molar-refractivity contribution in [2.45, 2.75) is 45.3 Å². The maximum absolute atomic E-state index is 11.2. The molecule has 0 saturated carbocycles. The Hall–Kier alpha value is -0.910. The first-order valence-electron chi connectivity index (χ1n) is 6.77.